The molecule has 162 valence electrons. The average molecular weight is 445 g/mol. The molecule has 5 aromatic carbocycles. The topological polar surface area (TPSA) is 17.3 Å². The third-order valence-corrected chi connectivity index (χ3v) is 8.28. The van der Waals surface area contributed by atoms with Crippen LogP contribution in [0.25, 0.3) is 60.6 Å². The van der Waals surface area contributed by atoms with E-state index in [1.165, 1.54) is 71.7 Å². The zero-order chi connectivity index (χ0) is 22.7. The van der Waals surface area contributed by atoms with Gasteiger partial charge in [-0.05, 0) is 80.9 Å². The Kier molecular flexibility index (Phi) is 3.16. The molecule has 0 unspecified atom stereocenters. The molecule has 2 aliphatic rings. The highest BCUT2D eigenvalue weighted by Crippen LogP contribution is 2.49. The maximum absolute atomic E-state index is 5.20. The van der Waals surface area contributed by atoms with Crippen LogP contribution in [0.3, 0.4) is 0 Å². The molecule has 35 heavy (non-hydrogen) atoms. The van der Waals surface area contributed by atoms with Gasteiger partial charge in [0, 0.05) is 10.8 Å². The minimum atomic E-state index is 0.969. The van der Waals surface area contributed by atoms with Crippen LogP contribution in [0.5, 0.6) is 0 Å². The lowest BCUT2D eigenvalue weighted by molar-refractivity contribution is 1.17. The van der Waals surface area contributed by atoms with E-state index in [1.54, 1.807) is 0 Å². The molecule has 0 fully saturated rings. The number of hydrogen-bond acceptors (Lipinski definition) is 1. The van der Waals surface area contributed by atoms with Gasteiger partial charge in [0.05, 0.1) is 16.6 Å². The van der Waals surface area contributed by atoms with E-state index >= 15 is 0 Å². The Morgan fingerprint density at radius 3 is 2.14 bits per heavy atom. The summed E-state index contributed by atoms with van der Waals surface area (Å²) in [4.78, 5) is 5.20. The van der Waals surface area contributed by atoms with E-state index in [9.17, 15) is 0 Å². The van der Waals surface area contributed by atoms with Crippen LogP contribution < -0.4 is 0 Å². The number of aromatic nitrogens is 2. The molecular weight excluding hydrogens is 424 g/mol. The molecule has 2 aliphatic carbocycles. The summed E-state index contributed by atoms with van der Waals surface area (Å²) in [5, 5.41) is 3.89. The lowest BCUT2D eigenvalue weighted by atomic mass is 9.96. The molecule has 0 spiro atoms. The largest absolute Gasteiger partial charge is 0.292 e. The van der Waals surface area contributed by atoms with Crippen molar-refractivity contribution in [3.8, 4) is 22.3 Å². The molecule has 0 saturated carbocycles. The predicted octanol–water partition coefficient (Wildman–Crippen LogP) is 7.94. The fraction of sp³-hybridized carbons (Fsp3) is 0.0606. The number of rotatable bonds is 0. The third-order valence-electron chi connectivity index (χ3n) is 8.28. The zero-order valence-corrected chi connectivity index (χ0v) is 19.0. The van der Waals surface area contributed by atoms with E-state index in [2.05, 4.69) is 101 Å². The Balaban J connectivity index is 1.41. The van der Waals surface area contributed by atoms with Crippen LogP contribution in [-0.2, 0) is 12.8 Å². The zero-order valence-electron chi connectivity index (χ0n) is 19.0. The summed E-state index contributed by atoms with van der Waals surface area (Å²) in [5.41, 5.74) is 16.0. The van der Waals surface area contributed by atoms with Crippen molar-refractivity contribution in [2.75, 3.05) is 0 Å². The molecule has 2 aromatic heterocycles. The summed E-state index contributed by atoms with van der Waals surface area (Å²) in [6.07, 6.45) is 2.00. The number of para-hydroxylation sites is 3. The molecule has 2 heteroatoms. The third kappa shape index (κ3) is 2.14. The molecule has 2 heterocycles. The summed E-state index contributed by atoms with van der Waals surface area (Å²) in [7, 11) is 0. The van der Waals surface area contributed by atoms with E-state index in [0.717, 1.165) is 24.0 Å². The van der Waals surface area contributed by atoms with E-state index < -0.39 is 0 Å². The van der Waals surface area contributed by atoms with E-state index in [-0.39, 0.29) is 0 Å². The predicted molar refractivity (Wildman–Crippen MR) is 144 cm³/mol. The maximum atomic E-state index is 5.20. The SMILES string of the molecule is c1ccc2c(c1)Cc1c-2ccc2c1Cc1c-2ccc2c3ccccc3n3c4ccccc4nc3c12. The molecule has 2 nitrogen and oxygen atoms in total. The van der Waals surface area contributed by atoms with E-state index in [4.69, 9.17) is 4.98 Å². The first-order valence-corrected chi connectivity index (χ1v) is 12.3. The Labute approximate surface area is 202 Å². The van der Waals surface area contributed by atoms with Crippen molar-refractivity contribution in [1.29, 1.82) is 0 Å². The number of imidazole rings is 1. The smallest absolute Gasteiger partial charge is 0.146 e. The van der Waals surface area contributed by atoms with Crippen LogP contribution in [0, 0.1) is 0 Å². The summed E-state index contributed by atoms with van der Waals surface area (Å²) in [5.74, 6) is 0. The summed E-state index contributed by atoms with van der Waals surface area (Å²) in [6, 6.07) is 35.5. The second-order valence-corrected chi connectivity index (χ2v) is 9.92. The Morgan fingerprint density at radius 1 is 0.514 bits per heavy atom. The van der Waals surface area contributed by atoms with Crippen molar-refractivity contribution < 1.29 is 0 Å². The number of fused-ring (bicyclic) bond motifs is 16. The molecule has 0 radical (unpaired) electrons. The van der Waals surface area contributed by atoms with Gasteiger partial charge < -0.3 is 0 Å². The van der Waals surface area contributed by atoms with Crippen LogP contribution >= 0.6 is 0 Å². The van der Waals surface area contributed by atoms with Crippen molar-refractivity contribution in [2.45, 2.75) is 12.8 Å². The Hall–Kier alpha value is -4.43. The fourth-order valence-corrected chi connectivity index (χ4v) is 6.80. The maximum Gasteiger partial charge on any atom is 0.146 e. The van der Waals surface area contributed by atoms with Crippen LogP contribution in [0.1, 0.15) is 22.3 Å². The van der Waals surface area contributed by atoms with E-state index in [0.29, 0.717) is 0 Å². The minimum absolute atomic E-state index is 0.969. The lowest BCUT2D eigenvalue weighted by Crippen LogP contribution is -1.95. The molecule has 0 N–H and O–H groups in total. The van der Waals surface area contributed by atoms with Gasteiger partial charge in [-0.25, -0.2) is 4.98 Å². The monoisotopic (exact) mass is 444 g/mol. The first-order valence-electron chi connectivity index (χ1n) is 12.3. The normalized spacial score (nSPS) is 13.5. The van der Waals surface area contributed by atoms with Crippen molar-refractivity contribution in [2.24, 2.45) is 0 Å². The summed E-state index contributed by atoms with van der Waals surface area (Å²) < 4.78 is 2.37. The summed E-state index contributed by atoms with van der Waals surface area (Å²) in [6.45, 7) is 0. The molecule has 7 aromatic rings. The molecule has 0 saturated heterocycles. The Bertz CT molecular complexity index is 2060. The second-order valence-electron chi connectivity index (χ2n) is 9.92. The average Bonchev–Trinajstić information content (AvgIpc) is 3.59. The molecular formula is C33H20N2. The van der Waals surface area contributed by atoms with Crippen molar-refractivity contribution in [3.05, 3.63) is 119 Å². The first kappa shape index (κ1) is 18.0. The standard InChI is InChI=1S/C33H20N2/c1-2-8-20-19(7-1)17-26-21(20)13-14-22-23-15-16-25-24-9-3-5-11-30(24)35-31-12-6-4-10-29(31)34-33(35)32(25)28(23)18-27(22)26/h1-16H,17-18H2. The fourth-order valence-electron chi connectivity index (χ4n) is 6.80. The number of nitrogens with zero attached hydrogens (tertiary/aromatic N) is 2. The number of benzene rings is 5. The molecule has 0 atom stereocenters. The molecule has 0 aliphatic heterocycles. The highest BCUT2D eigenvalue weighted by molar-refractivity contribution is 6.17. The van der Waals surface area contributed by atoms with Crippen LogP contribution in [0.4, 0.5) is 0 Å². The summed E-state index contributed by atoms with van der Waals surface area (Å²) >= 11 is 0. The van der Waals surface area contributed by atoms with Gasteiger partial charge in [-0.15, -0.1) is 0 Å². The van der Waals surface area contributed by atoms with Gasteiger partial charge in [-0.3, -0.25) is 4.40 Å². The van der Waals surface area contributed by atoms with Gasteiger partial charge in [0.2, 0.25) is 0 Å². The second kappa shape index (κ2) is 6.17. The van der Waals surface area contributed by atoms with E-state index in [1.807, 2.05) is 0 Å². The number of hydrogen-bond donors (Lipinski definition) is 0. The highest BCUT2D eigenvalue weighted by atomic mass is 15.0. The Morgan fingerprint density at radius 2 is 1.20 bits per heavy atom. The minimum Gasteiger partial charge on any atom is -0.292 e. The van der Waals surface area contributed by atoms with Crippen LogP contribution in [0.2, 0.25) is 0 Å². The van der Waals surface area contributed by atoms with Gasteiger partial charge in [0.1, 0.15) is 5.65 Å². The van der Waals surface area contributed by atoms with Gasteiger partial charge in [-0.2, -0.15) is 0 Å². The van der Waals surface area contributed by atoms with Crippen LogP contribution in [0.15, 0.2) is 97.1 Å². The highest BCUT2D eigenvalue weighted by Gasteiger charge is 2.30. The lowest BCUT2D eigenvalue weighted by Gasteiger charge is -2.12. The van der Waals surface area contributed by atoms with Gasteiger partial charge in [0.25, 0.3) is 0 Å². The van der Waals surface area contributed by atoms with Gasteiger partial charge in [0.15, 0.2) is 0 Å². The molecule has 9 rings (SSSR count). The molecule has 0 amide bonds. The van der Waals surface area contributed by atoms with Crippen molar-refractivity contribution in [1.82, 2.24) is 9.38 Å². The van der Waals surface area contributed by atoms with Crippen LogP contribution in [-0.4, -0.2) is 9.38 Å². The molecule has 0 bridgehead atoms. The number of pyridine rings is 1. The van der Waals surface area contributed by atoms with Crippen molar-refractivity contribution in [3.63, 3.8) is 0 Å². The van der Waals surface area contributed by atoms with Crippen molar-refractivity contribution >= 4 is 38.4 Å². The first-order chi connectivity index (χ1) is 17.4. The van der Waals surface area contributed by atoms with Gasteiger partial charge in [-0.1, -0.05) is 78.9 Å². The van der Waals surface area contributed by atoms with Gasteiger partial charge >= 0.3 is 0 Å². The quantitative estimate of drug-likeness (QED) is 0.217.